The first-order chi connectivity index (χ1) is 17.5. The molecule has 1 aliphatic rings. The van der Waals surface area contributed by atoms with Crippen molar-refractivity contribution in [1.82, 2.24) is 0 Å². The summed E-state index contributed by atoms with van der Waals surface area (Å²) in [5.41, 5.74) is 3.30. The minimum Gasteiger partial charge on any atom is -0.494 e. The minimum atomic E-state index is -0.316. The van der Waals surface area contributed by atoms with E-state index in [1.807, 2.05) is 13.0 Å². The van der Waals surface area contributed by atoms with Crippen LogP contribution in [0.4, 0.5) is 11.4 Å². The number of benzene rings is 3. The smallest absolute Gasteiger partial charge is 0.280 e. The lowest BCUT2D eigenvalue weighted by Gasteiger charge is -2.12. The number of nitrogens with zero attached hydrogens (tertiary/aromatic N) is 3. The molecule has 1 aliphatic heterocycles. The Balaban J connectivity index is 1.44. The fourth-order valence-corrected chi connectivity index (χ4v) is 3.56. The highest BCUT2D eigenvalue weighted by molar-refractivity contribution is 6.32. The van der Waals surface area contributed by atoms with Crippen LogP contribution >= 0.6 is 0 Å². The first kappa shape index (κ1) is 24.2. The van der Waals surface area contributed by atoms with Crippen LogP contribution in [0.3, 0.4) is 0 Å². The second-order valence-electron chi connectivity index (χ2n) is 7.85. The van der Waals surface area contributed by atoms with Gasteiger partial charge in [0.2, 0.25) is 0 Å². The van der Waals surface area contributed by atoms with Crippen LogP contribution in [-0.4, -0.2) is 30.7 Å². The number of rotatable bonds is 8. The van der Waals surface area contributed by atoms with Gasteiger partial charge in [-0.05, 0) is 74.5 Å². The molecule has 0 atom stereocenters. The molecule has 8 heteroatoms. The molecule has 0 aromatic heterocycles. The van der Waals surface area contributed by atoms with Crippen LogP contribution < -0.4 is 19.8 Å². The Bertz CT molecular complexity index is 1370. The largest absolute Gasteiger partial charge is 0.494 e. The van der Waals surface area contributed by atoms with Crippen LogP contribution in [0, 0.1) is 11.3 Å². The van der Waals surface area contributed by atoms with Gasteiger partial charge in [-0.15, -0.1) is 0 Å². The fraction of sp³-hybridized carbons (Fsp3) is 0.143. The molecule has 4 rings (SSSR count). The maximum Gasteiger partial charge on any atom is 0.280 e. The summed E-state index contributed by atoms with van der Waals surface area (Å²) in [6.07, 6.45) is 1.70. The number of para-hydroxylation sites is 1. The molecule has 36 heavy (non-hydrogen) atoms. The van der Waals surface area contributed by atoms with E-state index >= 15 is 0 Å². The van der Waals surface area contributed by atoms with Gasteiger partial charge >= 0.3 is 0 Å². The van der Waals surface area contributed by atoms with Crippen molar-refractivity contribution in [3.8, 4) is 17.6 Å². The van der Waals surface area contributed by atoms with Crippen molar-refractivity contribution in [2.45, 2.75) is 13.8 Å². The zero-order valence-corrected chi connectivity index (χ0v) is 19.9. The molecule has 2 amide bonds. The van der Waals surface area contributed by atoms with E-state index in [0.29, 0.717) is 46.1 Å². The number of hydrazone groups is 1. The van der Waals surface area contributed by atoms with Crippen molar-refractivity contribution in [2.75, 3.05) is 23.5 Å². The number of amides is 2. The van der Waals surface area contributed by atoms with Gasteiger partial charge in [0.15, 0.2) is 6.61 Å². The number of nitriles is 1. The Kier molecular flexibility index (Phi) is 7.42. The van der Waals surface area contributed by atoms with Crippen LogP contribution in [0.25, 0.3) is 6.08 Å². The van der Waals surface area contributed by atoms with Gasteiger partial charge in [0.1, 0.15) is 11.5 Å². The number of anilines is 2. The van der Waals surface area contributed by atoms with Gasteiger partial charge in [-0.25, -0.2) is 0 Å². The molecular weight excluding hydrogens is 456 g/mol. The molecule has 0 bridgehead atoms. The predicted molar refractivity (Wildman–Crippen MR) is 138 cm³/mol. The van der Waals surface area contributed by atoms with Gasteiger partial charge in [0.05, 0.1) is 35.2 Å². The summed E-state index contributed by atoms with van der Waals surface area (Å²) in [6, 6.07) is 22.9. The summed E-state index contributed by atoms with van der Waals surface area (Å²) in [5, 5.41) is 17.5. The van der Waals surface area contributed by atoms with Gasteiger partial charge in [0.25, 0.3) is 11.8 Å². The third kappa shape index (κ3) is 5.59. The second-order valence-corrected chi connectivity index (χ2v) is 7.85. The molecule has 0 radical (unpaired) electrons. The van der Waals surface area contributed by atoms with Crippen LogP contribution in [0.5, 0.6) is 11.5 Å². The first-order valence-corrected chi connectivity index (χ1v) is 11.3. The summed E-state index contributed by atoms with van der Waals surface area (Å²) >= 11 is 0. The van der Waals surface area contributed by atoms with E-state index in [-0.39, 0.29) is 18.4 Å². The molecule has 0 saturated carbocycles. The third-order valence-corrected chi connectivity index (χ3v) is 5.33. The number of hydrogen-bond acceptors (Lipinski definition) is 6. The van der Waals surface area contributed by atoms with Crippen molar-refractivity contribution in [3.05, 3.63) is 89.5 Å². The monoisotopic (exact) mass is 480 g/mol. The van der Waals surface area contributed by atoms with Crippen molar-refractivity contribution in [2.24, 2.45) is 5.10 Å². The van der Waals surface area contributed by atoms with E-state index in [0.717, 1.165) is 5.75 Å². The normalized spacial score (nSPS) is 13.8. The summed E-state index contributed by atoms with van der Waals surface area (Å²) in [5.74, 6) is 0.583. The highest BCUT2D eigenvalue weighted by Gasteiger charge is 2.29. The summed E-state index contributed by atoms with van der Waals surface area (Å²) in [7, 11) is 0. The molecular formula is C28H24N4O4. The van der Waals surface area contributed by atoms with Crippen LogP contribution in [0.15, 0.2) is 83.5 Å². The zero-order valence-electron chi connectivity index (χ0n) is 19.9. The Labute approximate surface area is 209 Å². The standard InChI is InChI=1S/C28H24N4O4/c1-3-35-24-14-10-22(11-15-24)30-27(33)18-36-26-7-5-4-6-21(26)16-25-19(2)31-32(28(25)34)23-12-8-20(17-29)9-13-23/h4-16H,3,18H2,1-2H3,(H,30,33). The van der Waals surface area contributed by atoms with Gasteiger partial charge in [0, 0.05) is 11.3 Å². The molecule has 8 nitrogen and oxygen atoms in total. The molecule has 0 unspecified atom stereocenters. The number of carbonyl (C=O) groups is 2. The maximum atomic E-state index is 13.1. The molecule has 0 saturated heterocycles. The average Bonchev–Trinajstić information content (AvgIpc) is 3.18. The average molecular weight is 481 g/mol. The van der Waals surface area contributed by atoms with E-state index in [2.05, 4.69) is 16.5 Å². The zero-order chi connectivity index (χ0) is 25.5. The van der Waals surface area contributed by atoms with Crippen molar-refractivity contribution >= 4 is 35.0 Å². The van der Waals surface area contributed by atoms with Crippen LogP contribution in [0.1, 0.15) is 25.0 Å². The number of carbonyl (C=O) groups excluding carboxylic acids is 2. The molecule has 180 valence electrons. The molecule has 3 aromatic carbocycles. The minimum absolute atomic E-state index is 0.203. The fourth-order valence-electron chi connectivity index (χ4n) is 3.56. The summed E-state index contributed by atoms with van der Waals surface area (Å²) in [6.45, 7) is 4.02. The molecule has 0 fully saturated rings. The number of hydrogen-bond donors (Lipinski definition) is 1. The number of nitrogens with one attached hydrogen (secondary N) is 1. The molecule has 0 spiro atoms. The van der Waals surface area contributed by atoms with Crippen LogP contribution in [-0.2, 0) is 9.59 Å². The van der Waals surface area contributed by atoms with Gasteiger partial charge < -0.3 is 14.8 Å². The van der Waals surface area contributed by atoms with E-state index in [9.17, 15) is 9.59 Å². The lowest BCUT2D eigenvalue weighted by molar-refractivity contribution is -0.118. The quantitative estimate of drug-likeness (QED) is 0.467. The second kappa shape index (κ2) is 11.0. The lowest BCUT2D eigenvalue weighted by Crippen LogP contribution is -2.21. The first-order valence-electron chi connectivity index (χ1n) is 11.3. The van der Waals surface area contributed by atoms with Gasteiger partial charge in [-0.2, -0.15) is 15.4 Å². The Hall–Kier alpha value is -4.90. The highest BCUT2D eigenvalue weighted by atomic mass is 16.5. The lowest BCUT2D eigenvalue weighted by atomic mass is 10.1. The predicted octanol–water partition coefficient (Wildman–Crippen LogP) is 4.78. The Morgan fingerprint density at radius 3 is 2.47 bits per heavy atom. The molecule has 1 heterocycles. The number of ether oxygens (including phenoxy) is 2. The van der Waals surface area contributed by atoms with Crippen molar-refractivity contribution in [3.63, 3.8) is 0 Å². The molecule has 0 aliphatic carbocycles. The van der Waals surface area contributed by atoms with Crippen molar-refractivity contribution < 1.29 is 19.1 Å². The van der Waals surface area contributed by atoms with E-state index in [4.69, 9.17) is 14.7 Å². The Morgan fingerprint density at radius 1 is 1.06 bits per heavy atom. The maximum absolute atomic E-state index is 13.1. The van der Waals surface area contributed by atoms with E-state index < -0.39 is 0 Å². The SMILES string of the molecule is CCOc1ccc(NC(=O)COc2ccccc2C=C2C(=O)N(c3ccc(C#N)cc3)N=C2C)cc1. The third-order valence-electron chi connectivity index (χ3n) is 5.33. The highest BCUT2D eigenvalue weighted by Crippen LogP contribution is 2.28. The van der Waals surface area contributed by atoms with Crippen LogP contribution in [0.2, 0.25) is 0 Å². The molecule has 3 aromatic rings. The molecule has 1 N–H and O–H groups in total. The Morgan fingerprint density at radius 2 is 1.78 bits per heavy atom. The van der Waals surface area contributed by atoms with Gasteiger partial charge in [-0.1, -0.05) is 18.2 Å². The van der Waals surface area contributed by atoms with Gasteiger partial charge in [-0.3, -0.25) is 9.59 Å². The van der Waals surface area contributed by atoms with E-state index in [1.165, 1.54) is 5.01 Å². The summed E-state index contributed by atoms with van der Waals surface area (Å²) in [4.78, 5) is 25.5. The van der Waals surface area contributed by atoms with E-state index in [1.54, 1.807) is 79.7 Å². The summed E-state index contributed by atoms with van der Waals surface area (Å²) < 4.78 is 11.2. The topological polar surface area (TPSA) is 104 Å². The van der Waals surface area contributed by atoms with Crippen molar-refractivity contribution in [1.29, 1.82) is 5.26 Å².